The first-order chi connectivity index (χ1) is 8.86. The summed E-state index contributed by atoms with van der Waals surface area (Å²) in [4.78, 5) is 15.2. The highest BCUT2D eigenvalue weighted by molar-refractivity contribution is 7.09. The number of carbonyl (C=O) groups excluding carboxylic acids is 1. The normalized spacial score (nSPS) is 22.4. The van der Waals surface area contributed by atoms with Crippen LogP contribution < -0.4 is 11.1 Å². The lowest BCUT2D eigenvalue weighted by molar-refractivity contribution is -0.140. The van der Waals surface area contributed by atoms with Crippen molar-refractivity contribution in [1.82, 2.24) is 10.3 Å². The maximum Gasteiger partial charge on any atom is 0.434 e. The fourth-order valence-electron chi connectivity index (χ4n) is 2.08. The second kappa shape index (κ2) is 6.73. The molecule has 9 heteroatoms. The van der Waals surface area contributed by atoms with Crippen LogP contribution in [0, 0.1) is 5.92 Å². The minimum atomic E-state index is -4.43. The number of thiazole rings is 1. The van der Waals surface area contributed by atoms with Gasteiger partial charge in [0.1, 0.15) is 5.01 Å². The lowest BCUT2D eigenvalue weighted by Crippen LogP contribution is -2.30. The van der Waals surface area contributed by atoms with E-state index in [9.17, 15) is 18.0 Å². The molecule has 20 heavy (non-hydrogen) atoms. The Morgan fingerprint density at radius 1 is 1.50 bits per heavy atom. The fraction of sp³-hybridized carbons (Fsp3) is 0.636. The molecule has 1 fully saturated rings. The summed E-state index contributed by atoms with van der Waals surface area (Å²) >= 11 is 0.891. The Hall–Kier alpha value is -0.860. The van der Waals surface area contributed by atoms with Gasteiger partial charge in [-0.2, -0.15) is 13.2 Å². The summed E-state index contributed by atoms with van der Waals surface area (Å²) in [6.45, 7) is 0.0331. The van der Waals surface area contributed by atoms with Crippen LogP contribution in [0.25, 0.3) is 0 Å². The van der Waals surface area contributed by atoms with Crippen molar-refractivity contribution in [3.8, 4) is 0 Å². The first-order valence-electron chi connectivity index (χ1n) is 5.91. The molecule has 1 amide bonds. The number of carbonyl (C=O) groups is 1. The van der Waals surface area contributed by atoms with Crippen LogP contribution in [0.5, 0.6) is 0 Å². The number of alkyl halides is 3. The molecular weight excluding hydrogens is 315 g/mol. The Balaban J connectivity index is 0.00000200. The zero-order valence-electron chi connectivity index (χ0n) is 10.4. The molecule has 0 aromatic carbocycles. The van der Waals surface area contributed by atoms with Gasteiger partial charge in [-0.3, -0.25) is 4.79 Å². The van der Waals surface area contributed by atoms with Crippen molar-refractivity contribution < 1.29 is 18.0 Å². The number of hydrogen-bond acceptors (Lipinski definition) is 4. The van der Waals surface area contributed by atoms with Crippen LogP contribution in [-0.2, 0) is 17.5 Å². The molecule has 114 valence electrons. The van der Waals surface area contributed by atoms with Crippen LogP contribution in [0.3, 0.4) is 0 Å². The largest absolute Gasteiger partial charge is 0.434 e. The zero-order chi connectivity index (χ0) is 14.0. The van der Waals surface area contributed by atoms with Gasteiger partial charge >= 0.3 is 6.18 Å². The van der Waals surface area contributed by atoms with Gasteiger partial charge in [-0.25, -0.2) is 4.98 Å². The second-order valence-electron chi connectivity index (χ2n) is 4.61. The Labute approximate surface area is 124 Å². The molecule has 2 rings (SSSR count). The van der Waals surface area contributed by atoms with Crippen LogP contribution in [0.2, 0.25) is 0 Å². The summed E-state index contributed by atoms with van der Waals surface area (Å²) in [6.07, 6.45) is -2.25. The number of rotatable bonds is 3. The summed E-state index contributed by atoms with van der Waals surface area (Å²) in [6, 6.07) is 0.0486. The van der Waals surface area contributed by atoms with E-state index in [0.29, 0.717) is 6.42 Å². The third kappa shape index (κ3) is 4.32. The molecule has 3 N–H and O–H groups in total. The van der Waals surface area contributed by atoms with Crippen LogP contribution in [0.4, 0.5) is 13.2 Å². The molecule has 1 aromatic rings. The predicted octanol–water partition coefficient (Wildman–Crippen LogP) is 2.33. The molecule has 1 aliphatic carbocycles. The van der Waals surface area contributed by atoms with Gasteiger partial charge in [0.25, 0.3) is 0 Å². The lowest BCUT2D eigenvalue weighted by Gasteiger charge is -2.09. The summed E-state index contributed by atoms with van der Waals surface area (Å²) < 4.78 is 37.0. The molecule has 0 bridgehead atoms. The third-order valence-electron chi connectivity index (χ3n) is 3.10. The van der Waals surface area contributed by atoms with Gasteiger partial charge in [0.2, 0.25) is 5.91 Å². The number of halogens is 4. The van der Waals surface area contributed by atoms with E-state index in [1.165, 1.54) is 0 Å². The molecular formula is C11H15ClF3N3OS. The van der Waals surface area contributed by atoms with Gasteiger partial charge < -0.3 is 11.1 Å². The summed E-state index contributed by atoms with van der Waals surface area (Å²) in [5, 5.41) is 3.82. The van der Waals surface area contributed by atoms with Crippen molar-refractivity contribution in [3.05, 3.63) is 16.1 Å². The van der Waals surface area contributed by atoms with Crippen molar-refractivity contribution in [3.63, 3.8) is 0 Å². The third-order valence-corrected chi connectivity index (χ3v) is 3.95. The number of aromatic nitrogens is 1. The van der Waals surface area contributed by atoms with Crippen LogP contribution in [0.1, 0.15) is 30.0 Å². The van der Waals surface area contributed by atoms with E-state index in [-0.39, 0.29) is 41.8 Å². The summed E-state index contributed by atoms with van der Waals surface area (Å²) in [5.41, 5.74) is 4.79. The number of nitrogens with zero attached hydrogens (tertiary/aromatic N) is 1. The van der Waals surface area contributed by atoms with Gasteiger partial charge in [-0.15, -0.1) is 23.7 Å². The summed E-state index contributed by atoms with van der Waals surface area (Å²) in [7, 11) is 0. The average Bonchev–Trinajstić information content (AvgIpc) is 2.93. The minimum Gasteiger partial charge on any atom is -0.349 e. The molecule has 0 spiro atoms. The van der Waals surface area contributed by atoms with E-state index in [1.807, 2.05) is 0 Å². The molecule has 1 aliphatic rings. The Morgan fingerprint density at radius 3 is 2.70 bits per heavy atom. The van der Waals surface area contributed by atoms with Gasteiger partial charge in [0, 0.05) is 17.3 Å². The first-order valence-corrected chi connectivity index (χ1v) is 6.79. The van der Waals surface area contributed by atoms with E-state index in [4.69, 9.17) is 5.73 Å². The smallest absolute Gasteiger partial charge is 0.349 e. The molecule has 1 saturated carbocycles. The first kappa shape index (κ1) is 17.2. The zero-order valence-corrected chi connectivity index (χ0v) is 12.1. The molecule has 2 unspecified atom stereocenters. The molecule has 1 aromatic heterocycles. The predicted molar refractivity (Wildman–Crippen MR) is 71.5 cm³/mol. The van der Waals surface area contributed by atoms with Crippen LogP contribution >= 0.6 is 23.7 Å². The van der Waals surface area contributed by atoms with Crippen LogP contribution in [-0.4, -0.2) is 16.9 Å². The second-order valence-corrected chi connectivity index (χ2v) is 5.55. The van der Waals surface area contributed by atoms with E-state index >= 15 is 0 Å². The van der Waals surface area contributed by atoms with Gasteiger partial charge in [0.05, 0.1) is 6.54 Å². The monoisotopic (exact) mass is 329 g/mol. The molecule has 0 radical (unpaired) electrons. The Bertz CT molecular complexity index is 466. The maximum absolute atomic E-state index is 12.3. The van der Waals surface area contributed by atoms with E-state index in [0.717, 1.165) is 29.6 Å². The maximum atomic E-state index is 12.3. The molecule has 4 nitrogen and oxygen atoms in total. The average molecular weight is 330 g/mol. The van der Waals surface area contributed by atoms with E-state index in [2.05, 4.69) is 10.3 Å². The van der Waals surface area contributed by atoms with Crippen molar-refractivity contribution in [1.29, 1.82) is 0 Å². The molecule has 2 atom stereocenters. The lowest BCUT2D eigenvalue weighted by atomic mass is 10.1. The highest BCUT2D eigenvalue weighted by Crippen LogP contribution is 2.30. The van der Waals surface area contributed by atoms with Crippen molar-refractivity contribution in [2.75, 3.05) is 0 Å². The van der Waals surface area contributed by atoms with Crippen molar-refractivity contribution in [2.45, 2.75) is 38.0 Å². The molecule has 0 saturated heterocycles. The number of nitrogens with two attached hydrogens (primary N) is 1. The molecule has 0 aliphatic heterocycles. The number of hydrogen-bond donors (Lipinski definition) is 2. The number of amides is 1. The standard InChI is InChI=1S/C11H14F3N3OS.ClH/c12-11(13,14)8-5-19-9(17-8)4-16-10(18)6-1-2-7(15)3-6;/h5-7H,1-4,15H2,(H,16,18);1H. The summed E-state index contributed by atoms with van der Waals surface area (Å²) in [5.74, 6) is -0.284. The van der Waals surface area contributed by atoms with Gasteiger partial charge in [-0.1, -0.05) is 0 Å². The highest BCUT2D eigenvalue weighted by atomic mass is 35.5. The van der Waals surface area contributed by atoms with Crippen molar-refractivity contribution >= 4 is 29.7 Å². The quantitative estimate of drug-likeness (QED) is 0.894. The van der Waals surface area contributed by atoms with Crippen molar-refractivity contribution in [2.24, 2.45) is 11.7 Å². The number of nitrogens with one attached hydrogen (secondary N) is 1. The highest BCUT2D eigenvalue weighted by Gasteiger charge is 2.34. The van der Waals surface area contributed by atoms with Crippen LogP contribution in [0.15, 0.2) is 5.38 Å². The SMILES string of the molecule is Cl.NC1CCC(C(=O)NCc2nc(C(F)(F)F)cs2)C1. The molecule has 1 heterocycles. The fourth-order valence-corrected chi connectivity index (χ4v) is 2.82. The Kier molecular flexibility index (Phi) is 5.79. The van der Waals surface area contributed by atoms with Gasteiger partial charge in [-0.05, 0) is 19.3 Å². The Morgan fingerprint density at radius 2 is 2.20 bits per heavy atom. The van der Waals surface area contributed by atoms with E-state index in [1.54, 1.807) is 0 Å². The minimum absolute atomic E-state index is 0. The van der Waals surface area contributed by atoms with Gasteiger partial charge in [0.15, 0.2) is 5.69 Å². The topological polar surface area (TPSA) is 68.0 Å². The van der Waals surface area contributed by atoms with E-state index < -0.39 is 11.9 Å².